The zero-order valence-corrected chi connectivity index (χ0v) is 17.0. The van der Waals surface area contributed by atoms with Crippen LogP contribution in [0.1, 0.15) is 36.8 Å². The number of carbonyl (C=O) groups is 2. The molecule has 0 aliphatic heterocycles. The summed E-state index contributed by atoms with van der Waals surface area (Å²) in [6, 6.07) is 19.4. The normalized spacial score (nSPS) is 13.7. The molecule has 0 radical (unpaired) electrons. The second kappa shape index (κ2) is 11.0. The van der Waals surface area contributed by atoms with Gasteiger partial charge in [-0.25, -0.2) is 9.69 Å². The van der Waals surface area contributed by atoms with Crippen LogP contribution in [0.3, 0.4) is 0 Å². The summed E-state index contributed by atoms with van der Waals surface area (Å²) in [7, 11) is 0. The number of alkyl carbamates (subject to hydrolysis) is 1. The summed E-state index contributed by atoms with van der Waals surface area (Å²) in [6.07, 6.45) is 4.36. The van der Waals surface area contributed by atoms with Gasteiger partial charge in [0.2, 0.25) is 0 Å². The highest BCUT2D eigenvalue weighted by Gasteiger charge is 2.34. The van der Waals surface area contributed by atoms with Crippen molar-refractivity contribution in [2.45, 2.75) is 44.8 Å². The number of hydrogen-bond acceptors (Lipinski definition) is 4. The van der Waals surface area contributed by atoms with E-state index < -0.39 is 18.1 Å². The fraction of sp³-hybridized carbons (Fsp3) is 0.375. The lowest BCUT2D eigenvalue weighted by molar-refractivity contribution is -0.137. The fourth-order valence-electron chi connectivity index (χ4n) is 3.27. The van der Waals surface area contributed by atoms with E-state index in [2.05, 4.69) is 5.32 Å². The third-order valence-electron chi connectivity index (χ3n) is 5.13. The van der Waals surface area contributed by atoms with Crippen LogP contribution in [0, 0.1) is 17.4 Å². The van der Waals surface area contributed by atoms with Crippen molar-refractivity contribution < 1.29 is 14.3 Å². The van der Waals surface area contributed by atoms with Crippen LogP contribution in [0.5, 0.6) is 0 Å². The number of hydrogen-bond donors (Lipinski definition) is 1. The molecule has 156 valence electrons. The minimum atomic E-state index is -0.926. The molecular weight excluding hydrogens is 378 g/mol. The van der Waals surface area contributed by atoms with Gasteiger partial charge in [0.05, 0.1) is 0 Å². The molecule has 0 bridgehead atoms. The van der Waals surface area contributed by atoms with Gasteiger partial charge >= 0.3 is 6.09 Å². The molecule has 1 unspecified atom stereocenters. The van der Waals surface area contributed by atoms with Gasteiger partial charge in [-0.3, -0.25) is 4.79 Å². The molecule has 0 saturated heterocycles. The molecule has 1 N–H and O–H groups in total. The quantitative estimate of drug-likeness (QED) is 0.478. The molecule has 0 heterocycles. The number of rotatable bonds is 10. The lowest BCUT2D eigenvalue weighted by Gasteiger charge is -2.22. The summed E-state index contributed by atoms with van der Waals surface area (Å²) in [5, 5.41) is 12.2. The van der Waals surface area contributed by atoms with Gasteiger partial charge in [0.15, 0.2) is 12.3 Å². The Kier molecular flexibility index (Phi) is 7.85. The standard InChI is InChI=1S/C24H27N3O3/c25-18-27(15-7-12-19-8-3-1-4-9-19)23(28)22(16-20-13-14-20)30-24(29)26-17-21-10-5-2-6-11-21/h1-6,8-11,20,22H,7,12-17H2,(H,26,29). The predicted molar refractivity (Wildman–Crippen MR) is 113 cm³/mol. The molecule has 1 fully saturated rings. The summed E-state index contributed by atoms with van der Waals surface area (Å²) in [6.45, 7) is 0.628. The number of nitriles is 1. The largest absolute Gasteiger partial charge is 0.436 e. The van der Waals surface area contributed by atoms with E-state index >= 15 is 0 Å². The maximum absolute atomic E-state index is 12.9. The fourth-order valence-corrected chi connectivity index (χ4v) is 3.27. The topological polar surface area (TPSA) is 82.4 Å². The summed E-state index contributed by atoms with van der Waals surface area (Å²) < 4.78 is 5.44. The van der Waals surface area contributed by atoms with Gasteiger partial charge in [0.1, 0.15) is 0 Å². The number of carbonyl (C=O) groups excluding carboxylic acids is 2. The molecule has 1 aliphatic carbocycles. The summed E-state index contributed by atoms with van der Waals surface area (Å²) in [5.41, 5.74) is 2.10. The minimum absolute atomic E-state index is 0.306. The van der Waals surface area contributed by atoms with Gasteiger partial charge in [-0.1, -0.05) is 73.5 Å². The minimum Gasteiger partial charge on any atom is -0.436 e. The maximum atomic E-state index is 12.9. The van der Waals surface area contributed by atoms with E-state index in [4.69, 9.17) is 4.74 Å². The zero-order valence-electron chi connectivity index (χ0n) is 17.0. The smallest absolute Gasteiger partial charge is 0.408 e. The number of amides is 2. The molecule has 6 heteroatoms. The van der Waals surface area contributed by atoms with E-state index in [0.717, 1.165) is 35.3 Å². The van der Waals surface area contributed by atoms with Crippen molar-refractivity contribution in [1.82, 2.24) is 10.2 Å². The number of ether oxygens (including phenoxy) is 1. The molecule has 2 aromatic carbocycles. The van der Waals surface area contributed by atoms with E-state index in [1.807, 2.05) is 66.9 Å². The molecule has 1 atom stereocenters. The third kappa shape index (κ3) is 6.93. The molecule has 2 aromatic rings. The van der Waals surface area contributed by atoms with Gasteiger partial charge in [-0.2, -0.15) is 5.26 Å². The van der Waals surface area contributed by atoms with Crippen molar-refractivity contribution in [2.24, 2.45) is 5.92 Å². The Morgan fingerprint density at radius 3 is 2.30 bits per heavy atom. The molecule has 0 aromatic heterocycles. The van der Waals surface area contributed by atoms with E-state index in [0.29, 0.717) is 31.8 Å². The molecule has 1 saturated carbocycles. The van der Waals surface area contributed by atoms with Crippen molar-refractivity contribution in [3.63, 3.8) is 0 Å². The van der Waals surface area contributed by atoms with Crippen LogP contribution in [-0.4, -0.2) is 29.5 Å². The van der Waals surface area contributed by atoms with E-state index in [9.17, 15) is 14.9 Å². The van der Waals surface area contributed by atoms with Crippen LogP contribution in [0.25, 0.3) is 0 Å². The van der Waals surface area contributed by atoms with Crippen molar-refractivity contribution >= 4 is 12.0 Å². The lowest BCUT2D eigenvalue weighted by atomic mass is 10.1. The van der Waals surface area contributed by atoms with Gasteiger partial charge in [-0.05, 0) is 36.3 Å². The number of aryl methyl sites for hydroxylation is 1. The molecule has 0 spiro atoms. The van der Waals surface area contributed by atoms with E-state index in [-0.39, 0.29) is 0 Å². The van der Waals surface area contributed by atoms with Gasteiger partial charge in [0, 0.05) is 13.1 Å². The van der Waals surface area contributed by atoms with Crippen LogP contribution in [0.15, 0.2) is 60.7 Å². The van der Waals surface area contributed by atoms with Gasteiger partial charge in [0.25, 0.3) is 5.91 Å². The second-order valence-corrected chi connectivity index (χ2v) is 7.59. The Balaban J connectivity index is 1.52. The van der Waals surface area contributed by atoms with Crippen LogP contribution in [-0.2, 0) is 22.5 Å². The summed E-state index contributed by atoms with van der Waals surface area (Å²) in [5.74, 6) is -0.0574. The van der Waals surface area contributed by atoms with Crippen molar-refractivity contribution in [2.75, 3.05) is 6.54 Å². The molecular formula is C24H27N3O3. The number of nitrogens with one attached hydrogen (secondary N) is 1. The Bertz CT molecular complexity index is 860. The first-order chi connectivity index (χ1) is 14.7. The van der Waals surface area contributed by atoms with Crippen LogP contribution < -0.4 is 5.32 Å². The highest BCUT2D eigenvalue weighted by atomic mass is 16.6. The van der Waals surface area contributed by atoms with Crippen LogP contribution in [0.2, 0.25) is 0 Å². The lowest BCUT2D eigenvalue weighted by Crippen LogP contribution is -2.41. The van der Waals surface area contributed by atoms with Gasteiger partial charge < -0.3 is 10.1 Å². The predicted octanol–water partition coefficient (Wildman–Crippen LogP) is 4.02. The molecule has 3 rings (SSSR count). The van der Waals surface area contributed by atoms with Crippen LogP contribution >= 0.6 is 0 Å². The van der Waals surface area contributed by atoms with Crippen molar-refractivity contribution in [3.8, 4) is 6.19 Å². The molecule has 30 heavy (non-hydrogen) atoms. The first kappa shape index (κ1) is 21.4. The van der Waals surface area contributed by atoms with E-state index in [1.165, 1.54) is 0 Å². The van der Waals surface area contributed by atoms with Crippen molar-refractivity contribution in [1.29, 1.82) is 5.26 Å². The Hall–Kier alpha value is -3.33. The summed E-state index contributed by atoms with van der Waals surface area (Å²) >= 11 is 0. The van der Waals surface area contributed by atoms with E-state index in [1.54, 1.807) is 0 Å². The SMILES string of the molecule is N#CN(CCCc1ccccc1)C(=O)C(CC1CC1)OC(=O)NCc1ccccc1. The Morgan fingerprint density at radius 1 is 1.07 bits per heavy atom. The Labute approximate surface area is 177 Å². The Morgan fingerprint density at radius 2 is 1.70 bits per heavy atom. The zero-order chi connectivity index (χ0) is 21.2. The average molecular weight is 405 g/mol. The van der Waals surface area contributed by atoms with Gasteiger partial charge in [-0.15, -0.1) is 0 Å². The number of benzene rings is 2. The third-order valence-corrected chi connectivity index (χ3v) is 5.13. The molecule has 1 aliphatic rings. The van der Waals surface area contributed by atoms with Crippen LogP contribution in [0.4, 0.5) is 4.79 Å². The second-order valence-electron chi connectivity index (χ2n) is 7.59. The average Bonchev–Trinajstić information content (AvgIpc) is 3.60. The van der Waals surface area contributed by atoms with Crippen molar-refractivity contribution in [3.05, 3.63) is 71.8 Å². The molecule has 6 nitrogen and oxygen atoms in total. The maximum Gasteiger partial charge on any atom is 0.408 e. The highest BCUT2D eigenvalue weighted by Crippen LogP contribution is 2.34. The first-order valence-electron chi connectivity index (χ1n) is 10.4. The monoisotopic (exact) mass is 405 g/mol. The summed E-state index contributed by atoms with van der Waals surface area (Å²) in [4.78, 5) is 26.3. The number of nitrogens with zero attached hydrogens (tertiary/aromatic N) is 2. The molecule has 2 amide bonds. The highest BCUT2D eigenvalue weighted by molar-refractivity contribution is 5.84. The first-order valence-corrected chi connectivity index (χ1v) is 10.4.